The second-order valence-electron chi connectivity index (χ2n) is 6.79. The number of aromatic nitrogens is 4. The minimum atomic E-state index is -0.0954. The molecule has 3 aromatic rings. The Morgan fingerprint density at radius 1 is 0.897 bits per heavy atom. The summed E-state index contributed by atoms with van der Waals surface area (Å²) in [7, 11) is 0. The van der Waals surface area contributed by atoms with Crippen LogP contribution in [0.5, 0.6) is 0 Å². The van der Waals surface area contributed by atoms with Gasteiger partial charge >= 0.3 is 0 Å². The van der Waals surface area contributed by atoms with Gasteiger partial charge in [-0.25, -0.2) is 9.97 Å². The van der Waals surface area contributed by atoms with Crippen molar-refractivity contribution in [3.8, 4) is 0 Å². The Kier molecular flexibility index (Phi) is 5.89. The van der Waals surface area contributed by atoms with Crippen molar-refractivity contribution in [2.75, 3.05) is 42.9 Å². The normalized spacial score (nSPS) is 13.9. The summed E-state index contributed by atoms with van der Waals surface area (Å²) in [5.41, 5.74) is 1.63. The number of nitrogens with zero attached hydrogens (tertiary/aromatic N) is 6. The van der Waals surface area contributed by atoms with Gasteiger partial charge in [0.2, 0.25) is 5.95 Å². The number of anilines is 2. The third-order valence-corrected chi connectivity index (χ3v) is 4.85. The summed E-state index contributed by atoms with van der Waals surface area (Å²) < 4.78 is 0. The molecule has 0 bridgehead atoms. The van der Waals surface area contributed by atoms with Gasteiger partial charge in [0, 0.05) is 45.1 Å². The maximum Gasteiger partial charge on any atom is 0.274 e. The van der Waals surface area contributed by atoms with E-state index in [9.17, 15) is 4.79 Å². The van der Waals surface area contributed by atoms with Crippen molar-refractivity contribution in [3.63, 3.8) is 0 Å². The maximum absolute atomic E-state index is 12.7. The van der Waals surface area contributed by atoms with E-state index in [1.165, 1.54) is 5.56 Å². The van der Waals surface area contributed by atoms with Crippen LogP contribution in [-0.2, 0) is 6.42 Å². The van der Waals surface area contributed by atoms with Crippen molar-refractivity contribution >= 4 is 17.7 Å². The molecular formula is C21H23N7O. The van der Waals surface area contributed by atoms with Crippen LogP contribution in [0.4, 0.5) is 11.8 Å². The topological polar surface area (TPSA) is 87.1 Å². The Bertz CT molecular complexity index is 911. The van der Waals surface area contributed by atoms with Crippen LogP contribution in [-0.4, -0.2) is 63.7 Å². The van der Waals surface area contributed by atoms with Gasteiger partial charge in [0.15, 0.2) is 5.69 Å². The number of carbonyl (C=O) groups excluding carboxylic acids is 1. The van der Waals surface area contributed by atoms with Crippen LogP contribution in [0.1, 0.15) is 16.1 Å². The SMILES string of the molecule is O=C(c1ccc(NCCc2ccccc2)nn1)N1CCN(c2ncccn2)CC1. The van der Waals surface area contributed by atoms with Crippen molar-refractivity contribution in [2.45, 2.75) is 6.42 Å². The summed E-state index contributed by atoms with van der Waals surface area (Å²) in [6, 6.07) is 15.6. The van der Waals surface area contributed by atoms with Crippen molar-refractivity contribution in [1.82, 2.24) is 25.1 Å². The molecule has 1 N–H and O–H groups in total. The fourth-order valence-corrected chi connectivity index (χ4v) is 3.25. The summed E-state index contributed by atoms with van der Waals surface area (Å²) in [5.74, 6) is 1.27. The van der Waals surface area contributed by atoms with Crippen LogP contribution in [0.15, 0.2) is 60.9 Å². The first-order valence-electron chi connectivity index (χ1n) is 9.72. The number of nitrogens with one attached hydrogen (secondary N) is 1. The number of rotatable bonds is 6. The molecule has 8 heteroatoms. The first-order valence-corrected chi connectivity index (χ1v) is 9.72. The van der Waals surface area contributed by atoms with Crippen LogP contribution in [0.25, 0.3) is 0 Å². The zero-order chi connectivity index (χ0) is 19.9. The Labute approximate surface area is 169 Å². The third kappa shape index (κ3) is 4.84. The molecule has 1 aromatic carbocycles. The molecule has 0 radical (unpaired) electrons. The summed E-state index contributed by atoms with van der Waals surface area (Å²) in [4.78, 5) is 25.1. The number of hydrogen-bond donors (Lipinski definition) is 1. The van der Waals surface area contributed by atoms with E-state index in [-0.39, 0.29) is 5.91 Å². The van der Waals surface area contributed by atoms with Crippen LogP contribution in [0.2, 0.25) is 0 Å². The largest absolute Gasteiger partial charge is 0.368 e. The first-order chi connectivity index (χ1) is 14.3. The number of hydrogen-bond acceptors (Lipinski definition) is 7. The number of piperazine rings is 1. The van der Waals surface area contributed by atoms with E-state index in [4.69, 9.17) is 0 Å². The van der Waals surface area contributed by atoms with Gasteiger partial charge in [0.25, 0.3) is 5.91 Å². The highest BCUT2D eigenvalue weighted by molar-refractivity contribution is 5.92. The smallest absolute Gasteiger partial charge is 0.274 e. The highest BCUT2D eigenvalue weighted by Crippen LogP contribution is 2.12. The lowest BCUT2D eigenvalue weighted by atomic mass is 10.1. The number of carbonyl (C=O) groups is 1. The lowest BCUT2D eigenvalue weighted by Crippen LogP contribution is -2.49. The van der Waals surface area contributed by atoms with Gasteiger partial charge in [0.1, 0.15) is 5.82 Å². The lowest BCUT2D eigenvalue weighted by molar-refractivity contribution is 0.0739. The third-order valence-electron chi connectivity index (χ3n) is 4.85. The average molecular weight is 389 g/mol. The van der Waals surface area contributed by atoms with E-state index >= 15 is 0 Å². The molecule has 1 saturated heterocycles. The molecular weight excluding hydrogens is 366 g/mol. The molecule has 1 aliphatic rings. The van der Waals surface area contributed by atoms with E-state index in [0.29, 0.717) is 43.6 Å². The van der Waals surface area contributed by atoms with Crippen molar-refractivity contribution < 1.29 is 4.79 Å². The molecule has 4 rings (SSSR count). The Morgan fingerprint density at radius 2 is 1.66 bits per heavy atom. The van der Waals surface area contributed by atoms with Gasteiger partial charge in [-0.1, -0.05) is 30.3 Å². The minimum Gasteiger partial charge on any atom is -0.368 e. The van der Waals surface area contributed by atoms with Gasteiger partial charge in [-0.2, -0.15) is 0 Å². The maximum atomic E-state index is 12.7. The zero-order valence-electron chi connectivity index (χ0n) is 16.1. The minimum absolute atomic E-state index is 0.0954. The van der Waals surface area contributed by atoms with Gasteiger partial charge in [-0.3, -0.25) is 4.79 Å². The second kappa shape index (κ2) is 9.09. The predicted molar refractivity (Wildman–Crippen MR) is 111 cm³/mol. The molecule has 1 fully saturated rings. The quantitative estimate of drug-likeness (QED) is 0.689. The van der Waals surface area contributed by atoms with Gasteiger partial charge in [0.05, 0.1) is 0 Å². The monoisotopic (exact) mass is 389 g/mol. The second-order valence-corrected chi connectivity index (χ2v) is 6.79. The van der Waals surface area contributed by atoms with Crippen LogP contribution >= 0.6 is 0 Å². The molecule has 29 heavy (non-hydrogen) atoms. The fourth-order valence-electron chi connectivity index (χ4n) is 3.25. The van der Waals surface area contributed by atoms with Crippen molar-refractivity contribution in [3.05, 3.63) is 72.2 Å². The van der Waals surface area contributed by atoms with Crippen LogP contribution in [0.3, 0.4) is 0 Å². The molecule has 3 heterocycles. The summed E-state index contributed by atoms with van der Waals surface area (Å²) in [6.45, 7) is 3.37. The van der Waals surface area contributed by atoms with Gasteiger partial charge in [-0.05, 0) is 30.2 Å². The molecule has 0 saturated carbocycles. The van der Waals surface area contributed by atoms with Gasteiger partial charge in [-0.15, -0.1) is 10.2 Å². The Morgan fingerprint density at radius 3 is 2.34 bits per heavy atom. The number of benzene rings is 1. The van der Waals surface area contributed by atoms with Crippen LogP contribution < -0.4 is 10.2 Å². The van der Waals surface area contributed by atoms with E-state index in [0.717, 1.165) is 13.0 Å². The van der Waals surface area contributed by atoms with E-state index in [2.05, 4.69) is 42.5 Å². The highest BCUT2D eigenvalue weighted by atomic mass is 16.2. The summed E-state index contributed by atoms with van der Waals surface area (Å²) in [6.07, 6.45) is 4.36. The molecule has 148 valence electrons. The summed E-state index contributed by atoms with van der Waals surface area (Å²) >= 11 is 0. The molecule has 1 amide bonds. The average Bonchev–Trinajstić information content (AvgIpc) is 2.80. The Balaban J connectivity index is 1.27. The molecule has 0 atom stereocenters. The van der Waals surface area contributed by atoms with E-state index < -0.39 is 0 Å². The highest BCUT2D eigenvalue weighted by Gasteiger charge is 2.24. The lowest BCUT2D eigenvalue weighted by Gasteiger charge is -2.34. The molecule has 2 aromatic heterocycles. The zero-order valence-corrected chi connectivity index (χ0v) is 16.1. The Hall–Kier alpha value is -3.55. The molecule has 0 spiro atoms. The fraction of sp³-hybridized carbons (Fsp3) is 0.286. The van der Waals surface area contributed by atoms with Gasteiger partial charge < -0.3 is 15.1 Å². The van der Waals surface area contributed by atoms with E-state index in [1.807, 2.05) is 18.2 Å². The number of amides is 1. The summed E-state index contributed by atoms with van der Waals surface area (Å²) in [5, 5.41) is 11.5. The van der Waals surface area contributed by atoms with Crippen molar-refractivity contribution in [2.24, 2.45) is 0 Å². The van der Waals surface area contributed by atoms with E-state index in [1.54, 1.807) is 35.5 Å². The van der Waals surface area contributed by atoms with Crippen LogP contribution in [0, 0.1) is 0 Å². The molecule has 0 aliphatic carbocycles. The predicted octanol–water partition coefficient (Wildman–Crippen LogP) is 1.88. The first kappa shape index (κ1) is 18.8. The molecule has 0 unspecified atom stereocenters. The van der Waals surface area contributed by atoms with Crippen molar-refractivity contribution in [1.29, 1.82) is 0 Å². The molecule has 1 aliphatic heterocycles. The standard InChI is InChI=1S/C21H23N7O/c29-20(27-13-15-28(16-14-27)21-23-10-4-11-24-21)18-7-8-19(26-25-18)22-12-9-17-5-2-1-3-6-17/h1-8,10-11H,9,12-16H2,(H,22,26). The molecule has 8 nitrogen and oxygen atoms in total.